The molecular formula is C19H24N3O2+. The third-order valence-electron chi connectivity index (χ3n) is 3.76. The van der Waals surface area contributed by atoms with Gasteiger partial charge in [-0.2, -0.15) is 4.57 Å². The van der Waals surface area contributed by atoms with E-state index in [1.54, 1.807) is 24.3 Å². The average Bonchev–Trinajstić information content (AvgIpc) is 2.56. The number of pyridine rings is 1. The number of hydrogen-bond donors (Lipinski definition) is 2. The van der Waals surface area contributed by atoms with E-state index in [0.29, 0.717) is 11.4 Å². The molecule has 1 aromatic carbocycles. The van der Waals surface area contributed by atoms with Crippen LogP contribution in [0.25, 0.3) is 0 Å². The van der Waals surface area contributed by atoms with Crippen LogP contribution in [0.15, 0.2) is 48.8 Å². The first-order chi connectivity index (χ1) is 11.5. The number of aryl methyl sites for hydroxylation is 1. The Bertz CT molecular complexity index is 694. The highest BCUT2D eigenvalue weighted by Crippen LogP contribution is 2.14. The van der Waals surface area contributed by atoms with Gasteiger partial charge in [0.05, 0.1) is 0 Å². The SMILES string of the molecule is CCCc1cc[n+]([C@H](C)C(=O)Nc2ccc(NC(C)=O)cc2)cc1. The van der Waals surface area contributed by atoms with Gasteiger partial charge in [-0.3, -0.25) is 9.59 Å². The Kier molecular flexibility index (Phi) is 6.07. The lowest BCUT2D eigenvalue weighted by molar-refractivity contribution is -0.705. The Morgan fingerprint density at radius 1 is 1.00 bits per heavy atom. The Labute approximate surface area is 142 Å². The van der Waals surface area contributed by atoms with Gasteiger partial charge in [0.25, 0.3) is 5.91 Å². The van der Waals surface area contributed by atoms with Crippen molar-refractivity contribution in [3.63, 3.8) is 0 Å². The van der Waals surface area contributed by atoms with Crippen LogP contribution >= 0.6 is 0 Å². The lowest BCUT2D eigenvalue weighted by Gasteiger charge is -2.10. The predicted molar refractivity (Wildman–Crippen MR) is 94.7 cm³/mol. The first kappa shape index (κ1) is 17.7. The van der Waals surface area contributed by atoms with Crippen molar-refractivity contribution in [3.05, 3.63) is 54.4 Å². The maximum Gasteiger partial charge on any atom is 0.293 e. The quantitative estimate of drug-likeness (QED) is 0.801. The zero-order valence-electron chi connectivity index (χ0n) is 14.4. The summed E-state index contributed by atoms with van der Waals surface area (Å²) in [6, 6.07) is 10.8. The minimum atomic E-state index is -0.310. The summed E-state index contributed by atoms with van der Waals surface area (Å²) in [5.74, 6) is -0.209. The number of carbonyl (C=O) groups is 2. The van der Waals surface area contributed by atoms with Crippen LogP contribution in [0.4, 0.5) is 11.4 Å². The zero-order valence-corrected chi connectivity index (χ0v) is 14.4. The molecule has 126 valence electrons. The van der Waals surface area contributed by atoms with E-state index in [0.717, 1.165) is 12.8 Å². The molecule has 0 radical (unpaired) electrons. The van der Waals surface area contributed by atoms with Crippen molar-refractivity contribution in [1.82, 2.24) is 0 Å². The summed E-state index contributed by atoms with van der Waals surface area (Å²) in [6.45, 7) is 5.47. The van der Waals surface area contributed by atoms with Crippen LogP contribution in [0.3, 0.4) is 0 Å². The number of rotatable bonds is 6. The van der Waals surface area contributed by atoms with Gasteiger partial charge in [0.2, 0.25) is 11.9 Å². The molecule has 0 aliphatic heterocycles. The molecule has 2 N–H and O–H groups in total. The molecule has 0 bridgehead atoms. The standard InChI is InChI=1S/C19H23N3O2/c1-4-5-16-10-12-22(13-11-16)14(2)19(24)21-18-8-6-17(7-9-18)20-15(3)23/h6-14H,4-5H2,1-3H3,(H-,20,21,23,24)/p+1/t14-/m1/s1. The van der Waals surface area contributed by atoms with Crippen LogP contribution in [-0.4, -0.2) is 11.8 Å². The van der Waals surface area contributed by atoms with Gasteiger partial charge in [-0.15, -0.1) is 0 Å². The molecule has 0 fully saturated rings. The van der Waals surface area contributed by atoms with Crippen molar-refractivity contribution in [2.75, 3.05) is 10.6 Å². The fourth-order valence-electron chi connectivity index (χ4n) is 2.40. The molecule has 0 aliphatic carbocycles. The summed E-state index contributed by atoms with van der Waals surface area (Å²) in [5, 5.41) is 5.58. The van der Waals surface area contributed by atoms with Crippen molar-refractivity contribution < 1.29 is 14.2 Å². The molecule has 0 unspecified atom stereocenters. The van der Waals surface area contributed by atoms with Gasteiger partial charge in [0.15, 0.2) is 12.4 Å². The first-order valence-electron chi connectivity index (χ1n) is 8.17. The van der Waals surface area contributed by atoms with E-state index < -0.39 is 0 Å². The Balaban J connectivity index is 1.99. The highest BCUT2D eigenvalue weighted by molar-refractivity contribution is 5.93. The normalized spacial score (nSPS) is 11.6. The molecule has 1 atom stereocenters. The molecule has 0 aliphatic rings. The van der Waals surface area contributed by atoms with Crippen LogP contribution in [0, 0.1) is 0 Å². The van der Waals surface area contributed by atoms with E-state index in [-0.39, 0.29) is 17.9 Å². The molecule has 5 heteroatoms. The lowest BCUT2D eigenvalue weighted by atomic mass is 10.1. The summed E-state index contributed by atoms with van der Waals surface area (Å²) < 4.78 is 1.89. The van der Waals surface area contributed by atoms with Crippen molar-refractivity contribution in [2.45, 2.75) is 39.7 Å². The van der Waals surface area contributed by atoms with E-state index in [4.69, 9.17) is 0 Å². The Hall–Kier alpha value is -2.69. The highest BCUT2D eigenvalue weighted by atomic mass is 16.2. The van der Waals surface area contributed by atoms with E-state index >= 15 is 0 Å². The van der Waals surface area contributed by atoms with Gasteiger partial charge in [-0.05, 0) is 36.2 Å². The van der Waals surface area contributed by atoms with E-state index in [1.807, 2.05) is 23.9 Å². The average molecular weight is 326 g/mol. The van der Waals surface area contributed by atoms with Gasteiger partial charge >= 0.3 is 0 Å². The van der Waals surface area contributed by atoms with Gasteiger partial charge in [0, 0.05) is 37.4 Å². The number of hydrogen-bond acceptors (Lipinski definition) is 2. The third kappa shape index (κ3) is 4.91. The number of nitrogens with zero attached hydrogens (tertiary/aromatic N) is 1. The number of carbonyl (C=O) groups excluding carboxylic acids is 2. The lowest BCUT2D eigenvalue weighted by Crippen LogP contribution is -2.44. The van der Waals surface area contributed by atoms with Crippen molar-refractivity contribution in [1.29, 1.82) is 0 Å². The molecule has 1 heterocycles. The van der Waals surface area contributed by atoms with Crippen LogP contribution in [0.2, 0.25) is 0 Å². The number of nitrogens with one attached hydrogen (secondary N) is 2. The van der Waals surface area contributed by atoms with Crippen molar-refractivity contribution in [3.8, 4) is 0 Å². The van der Waals surface area contributed by atoms with E-state index in [2.05, 4.69) is 29.7 Å². The third-order valence-corrected chi connectivity index (χ3v) is 3.76. The monoisotopic (exact) mass is 326 g/mol. The topological polar surface area (TPSA) is 62.1 Å². The molecular weight excluding hydrogens is 302 g/mol. The second-order valence-electron chi connectivity index (χ2n) is 5.83. The largest absolute Gasteiger partial charge is 0.326 e. The summed E-state index contributed by atoms with van der Waals surface area (Å²) in [6.07, 6.45) is 6.03. The summed E-state index contributed by atoms with van der Waals surface area (Å²) in [5.41, 5.74) is 2.67. The number of anilines is 2. The predicted octanol–water partition coefficient (Wildman–Crippen LogP) is 3.08. The van der Waals surface area contributed by atoms with Crippen LogP contribution in [0.5, 0.6) is 0 Å². The van der Waals surface area contributed by atoms with Gasteiger partial charge < -0.3 is 10.6 Å². The maximum absolute atomic E-state index is 12.4. The zero-order chi connectivity index (χ0) is 17.5. The Morgan fingerprint density at radius 2 is 1.54 bits per heavy atom. The van der Waals surface area contributed by atoms with Crippen LogP contribution in [-0.2, 0) is 16.0 Å². The fourth-order valence-corrected chi connectivity index (χ4v) is 2.40. The molecule has 5 nitrogen and oxygen atoms in total. The molecule has 2 aromatic rings. The molecule has 2 rings (SSSR count). The summed E-state index contributed by atoms with van der Waals surface area (Å²) in [7, 11) is 0. The van der Waals surface area contributed by atoms with Crippen molar-refractivity contribution >= 4 is 23.2 Å². The molecule has 0 saturated heterocycles. The number of aromatic nitrogens is 1. The Morgan fingerprint density at radius 3 is 2.04 bits per heavy atom. The fraction of sp³-hybridized carbons (Fsp3) is 0.316. The van der Waals surface area contributed by atoms with Crippen LogP contribution < -0.4 is 15.2 Å². The molecule has 2 amide bonds. The van der Waals surface area contributed by atoms with Gasteiger partial charge in [0.1, 0.15) is 0 Å². The number of benzene rings is 1. The molecule has 0 spiro atoms. The molecule has 0 saturated carbocycles. The van der Waals surface area contributed by atoms with Gasteiger partial charge in [-0.25, -0.2) is 0 Å². The van der Waals surface area contributed by atoms with E-state index in [1.165, 1.54) is 12.5 Å². The summed E-state index contributed by atoms with van der Waals surface area (Å²) >= 11 is 0. The molecule has 1 aromatic heterocycles. The minimum Gasteiger partial charge on any atom is -0.326 e. The maximum atomic E-state index is 12.4. The van der Waals surface area contributed by atoms with Crippen molar-refractivity contribution in [2.24, 2.45) is 0 Å². The first-order valence-corrected chi connectivity index (χ1v) is 8.17. The second-order valence-corrected chi connectivity index (χ2v) is 5.83. The second kappa shape index (κ2) is 8.24. The van der Waals surface area contributed by atoms with Gasteiger partial charge in [-0.1, -0.05) is 13.3 Å². The minimum absolute atomic E-state index is 0.0875. The van der Waals surface area contributed by atoms with Crippen LogP contribution in [0.1, 0.15) is 38.8 Å². The smallest absolute Gasteiger partial charge is 0.293 e. The highest BCUT2D eigenvalue weighted by Gasteiger charge is 2.21. The number of amides is 2. The summed E-state index contributed by atoms with van der Waals surface area (Å²) in [4.78, 5) is 23.4. The molecule has 24 heavy (non-hydrogen) atoms. The van der Waals surface area contributed by atoms with E-state index in [9.17, 15) is 9.59 Å².